The third-order valence-corrected chi connectivity index (χ3v) is 3.46. The van der Waals surface area contributed by atoms with Crippen molar-refractivity contribution in [1.29, 1.82) is 0 Å². The van der Waals surface area contributed by atoms with Gasteiger partial charge in [-0.15, -0.1) is 0 Å². The molecular weight excluding hydrogens is 268 g/mol. The van der Waals surface area contributed by atoms with Crippen LogP contribution in [-0.2, 0) is 16.0 Å². The topological polar surface area (TPSA) is 58.6 Å². The molecule has 1 aliphatic heterocycles. The first-order chi connectivity index (χ1) is 10.2. The molecule has 5 nitrogen and oxygen atoms in total. The predicted octanol–water partition coefficient (Wildman–Crippen LogP) is 1.92. The van der Waals surface area contributed by atoms with Crippen molar-refractivity contribution in [3.05, 3.63) is 35.4 Å². The fourth-order valence-electron chi connectivity index (χ4n) is 2.39. The van der Waals surface area contributed by atoms with Crippen molar-refractivity contribution in [3.63, 3.8) is 0 Å². The Kier molecular flexibility index (Phi) is 5.75. The van der Waals surface area contributed by atoms with Gasteiger partial charge in [-0.05, 0) is 43.9 Å². The molecule has 1 aromatic carbocycles. The highest BCUT2D eigenvalue weighted by atomic mass is 16.5. The summed E-state index contributed by atoms with van der Waals surface area (Å²) in [5.74, 6) is -0.117. The monoisotopic (exact) mass is 290 g/mol. The second kappa shape index (κ2) is 7.78. The molecule has 0 bridgehead atoms. The van der Waals surface area contributed by atoms with Crippen molar-refractivity contribution >= 4 is 11.9 Å². The Labute approximate surface area is 125 Å². The lowest BCUT2D eigenvalue weighted by Gasteiger charge is -2.27. The number of aryl methyl sites for hydroxylation is 1. The molecule has 1 saturated heterocycles. The number of amides is 1. The van der Waals surface area contributed by atoms with E-state index in [0.717, 1.165) is 31.4 Å². The van der Waals surface area contributed by atoms with E-state index in [1.54, 1.807) is 18.0 Å². The largest absolute Gasteiger partial charge is 0.462 e. The molecular formula is C16H22N2O3. The van der Waals surface area contributed by atoms with Crippen LogP contribution in [0.1, 0.15) is 42.1 Å². The van der Waals surface area contributed by atoms with Crippen LogP contribution in [0.3, 0.4) is 0 Å². The zero-order chi connectivity index (χ0) is 15.1. The van der Waals surface area contributed by atoms with Gasteiger partial charge in [-0.2, -0.15) is 0 Å². The third kappa shape index (κ3) is 4.56. The van der Waals surface area contributed by atoms with E-state index in [9.17, 15) is 9.59 Å². The lowest BCUT2D eigenvalue weighted by atomic mass is 10.1. The first kappa shape index (κ1) is 15.5. The fourth-order valence-corrected chi connectivity index (χ4v) is 2.39. The quantitative estimate of drug-likeness (QED) is 0.813. The molecule has 21 heavy (non-hydrogen) atoms. The number of ether oxygens (including phenoxy) is 1. The second-order valence-corrected chi connectivity index (χ2v) is 5.08. The van der Waals surface area contributed by atoms with Crippen molar-refractivity contribution in [2.24, 2.45) is 0 Å². The van der Waals surface area contributed by atoms with Crippen molar-refractivity contribution in [1.82, 2.24) is 10.4 Å². The fraction of sp³-hybridized carbons (Fsp3) is 0.500. The number of esters is 1. The van der Waals surface area contributed by atoms with E-state index in [1.807, 2.05) is 18.2 Å². The van der Waals surface area contributed by atoms with Gasteiger partial charge in [0.15, 0.2) is 0 Å². The van der Waals surface area contributed by atoms with E-state index in [2.05, 4.69) is 5.43 Å². The Balaban J connectivity index is 1.84. The maximum absolute atomic E-state index is 11.7. The van der Waals surface area contributed by atoms with Crippen LogP contribution >= 0.6 is 0 Å². The lowest BCUT2D eigenvalue weighted by Crippen LogP contribution is -2.47. The van der Waals surface area contributed by atoms with Gasteiger partial charge in [-0.25, -0.2) is 10.2 Å². The predicted molar refractivity (Wildman–Crippen MR) is 79.7 cm³/mol. The summed E-state index contributed by atoms with van der Waals surface area (Å²) in [5.41, 5.74) is 4.78. The minimum Gasteiger partial charge on any atom is -0.462 e. The number of hydrazine groups is 1. The van der Waals surface area contributed by atoms with Crippen molar-refractivity contribution < 1.29 is 14.3 Å². The second-order valence-electron chi connectivity index (χ2n) is 5.08. The minimum absolute atomic E-state index is 0.168. The molecule has 1 amide bonds. The molecule has 1 fully saturated rings. The average Bonchev–Trinajstić information content (AvgIpc) is 2.50. The van der Waals surface area contributed by atoms with Crippen molar-refractivity contribution in [2.75, 3.05) is 19.7 Å². The van der Waals surface area contributed by atoms with Crippen molar-refractivity contribution in [2.45, 2.75) is 32.6 Å². The third-order valence-electron chi connectivity index (χ3n) is 3.46. The van der Waals surface area contributed by atoms with E-state index >= 15 is 0 Å². The lowest BCUT2D eigenvalue weighted by molar-refractivity contribution is -0.136. The van der Waals surface area contributed by atoms with E-state index < -0.39 is 0 Å². The number of hydrogen-bond acceptors (Lipinski definition) is 4. The first-order valence-electron chi connectivity index (χ1n) is 7.50. The Morgan fingerprint density at radius 1 is 1.43 bits per heavy atom. The molecule has 1 aliphatic rings. The highest BCUT2D eigenvalue weighted by Crippen LogP contribution is 2.10. The summed E-state index contributed by atoms with van der Waals surface area (Å²) < 4.78 is 4.99. The first-order valence-corrected chi connectivity index (χ1v) is 7.50. The molecule has 114 valence electrons. The summed E-state index contributed by atoms with van der Waals surface area (Å²) in [6, 6.07) is 7.49. The number of benzene rings is 1. The maximum atomic E-state index is 11.7. The van der Waals surface area contributed by atoms with Gasteiger partial charge in [0.25, 0.3) is 0 Å². The Morgan fingerprint density at radius 3 is 3.05 bits per heavy atom. The number of hydrogen-bond donors (Lipinski definition) is 1. The molecule has 0 saturated carbocycles. The Morgan fingerprint density at radius 2 is 2.29 bits per heavy atom. The van der Waals surface area contributed by atoms with Gasteiger partial charge in [0.05, 0.1) is 12.2 Å². The molecule has 1 heterocycles. The number of carbonyl (C=O) groups excluding carboxylic acids is 2. The Hall–Kier alpha value is -1.88. The molecule has 0 radical (unpaired) electrons. The van der Waals surface area contributed by atoms with Gasteiger partial charge in [-0.3, -0.25) is 9.80 Å². The highest BCUT2D eigenvalue weighted by molar-refractivity contribution is 5.89. The summed E-state index contributed by atoms with van der Waals surface area (Å²) >= 11 is 0. The van der Waals surface area contributed by atoms with E-state index in [0.29, 0.717) is 25.1 Å². The van der Waals surface area contributed by atoms with Crippen LogP contribution < -0.4 is 5.43 Å². The number of rotatable bonds is 6. The van der Waals surface area contributed by atoms with Gasteiger partial charge < -0.3 is 4.74 Å². The van der Waals surface area contributed by atoms with Gasteiger partial charge in [0.2, 0.25) is 5.91 Å². The molecule has 1 N–H and O–H groups in total. The number of nitrogens with one attached hydrogen (secondary N) is 1. The molecule has 2 rings (SSSR count). The summed E-state index contributed by atoms with van der Waals surface area (Å²) in [6.45, 7) is 3.74. The molecule has 0 aliphatic carbocycles. The standard InChI is InChI=1S/C16H22N2O3/c1-2-21-16(20)14-8-3-6-13(12-14)7-5-11-18-15(19)9-4-10-17-18/h3,6,8,12,17H,2,4-5,7,9-11H2,1H3. The van der Waals surface area contributed by atoms with Gasteiger partial charge in [-0.1, -0.05) is 12.1 Å². The molecule has 5 heteroatoms. The van der Waals surface area contributed by atoms with Gasteiger partial charge in [0.1, 0.15) is 0 Å². The normalized spacial score (nSPS) is 15.1. The summed E-state index contributed by atoms with van der Waals surface area (Å²) in [6.07, 6.45) is 3.24. The number of nitrogens with zero attached hydrogens (tertiary/aromatic N) is 1. The van der Waals surface area contributed by atoms with Crippen LogP contribution in [0.4, 0.5) is 0 Å². The highest BCUT2D eigenvalue weighted by Gasteiger charge is 2.16. The van der Waals surface area contributed by atoms with Crippen LogP contribution in [0.15, 0.2) is 24.3 Å². The van der Waals surface area contributed by atoms with E-state index in [-0.39, 0.29) is 11.9 Å². The summed E-state index contributed by atoms with van der Waals surface area (Å²) in [4.78, 5) is 23.3. The number of carbonyl (C=O) groups is 2. The smallest absolute Gasteiger partial charge is 0.338 e. The molecule has 1 aromatic rings. The van der Waals surface area contributed by atoms with E-state index in [4.69, 9.17) is 4.74 Å². The van der Waals surface area contributed by atoms with E-state index in [1.165, 1.54) is 0 Å². The SMILES string of the molecule is CCOC(=O)c1cccc(CCCN2NCCCC2=O)c1. The maximum Gasteiger partial charge on any atom is 0.338 e. The molecule has 0 aromatic heterocycles. The molecule has 0 unspecified atom stereocenters. The van der Waals surface area contributed by atoms with Crippen LogP contribution in [0, 0.1) is 0 Å². The van der Waals surface area contributed by atoms with Crippen molar-refractivity contribution in [3.8, 4) is 0 Å². The Bertz CT molecular complexity index is 502. The minimum atomic E-state index is -0.285. The van der Waals surface area contributed by atoms with Crippen LogP contribution in [0.5, 0.6) is 0 Å². The molecule has 0 atom stereocenters. The van der Waals surface area contributed by atoms with Crippen LogP contribution in [0.25, 0.3) is 0 Å². The zero-order valence-electron chi connectivity index (χ0n) is 12.4. The molecule has 0 spiro atoms. The van der Waals surface area contributed by atoms with Gasteiger partial charge in [0, 0.05) is 19.5 Å². The summed E-state index contributed by atoms with van der Waals surface area (Å²) in [5, 5.41) is 1.71. The van der Waals surface area contributed by atoms with Crippen LogP contribution in [0.2, 0.25) is 0 Å². The average molecular weight is 290 g/mol. The summed E-state index contributed by atoms with van der Waals surface area (Å²) in [7, 11) is 0. The van der Waals surface area contributed by atoms with Gasteiger partial charge >= 0.3 is 5.97 Å². The van der Waals surface area contributed by atoms with Crippen LogP contribution in [-0.4, -0.2) is 36.6 Å². The zero-order valence-corrected chi connectivity index (χ0v) is 12.4.